The van der Waals surface area contributed by atoms with Crippen LogP contribution in [-0.4, -0.2) is 14.3 Å². The molecule has 3 rings (SSSR count). The molecular formula is C21H16ClN3O3S. The van der Waals surface area contributed by atoms with Crippen LogP contribution in [-0.2, 0) is 10.0 Å². The summed E-state index contributed by atoms with van der Waals surface area (Å²) in [5.41, 5.74) is 1.99. The number of benzene rings is 3. The van der Waals surface area contributed by atoms with Gasteiger partial charge in [0, 0.05) is 16.3 Å². The highest BCUT2D eigenvalue weighted by molar-refractivity contribution is 7.92. The first-order chi connectivity index (χ1) is 13.8. The fourth-order valence-electron chi connectivity index (χ4n) is 2.63. The first kappa shape index (κ1) is 20.4. The van der Waals surface area contributed by atoms with Crippen LogP contribution >= 0.6 is 11.6 Å². The molecular weight excluding hydrogens is 410 g/mol. The molecule has 0 heterocycles. The third-order valence-electron chi connectivity index (χ3n) is 4.09. The van der Waals surface area contributed by atoms with Crippen molar-refractivity contribution in [3.05, 3.63) is 88.4 Å². The molecule has 0 spiro atoms. The molecule has 0 radical (unpaired) electrons. The minimum atomic E-state index is -3.89. The molecule has 0 saturated carbocycles. The maximum atomic E-state index is 12.8. The Bertz CT molecular complexity index is 1220. The van der Waals surface area contributed by atoms with Gasteiger partial charge in [-0.25, -0.2) is 8.42 Å². The molecule has 0 aliphatic heterocycles. The van der Waals surface area contributed by atoms with Crippen LogP contribution in [0, 0.1) is 18.3 Å². The van der Waals surface area contributed by atoms with Gasteiger partial charge in [0.2, 0.25) is 0 Å². The van der Waals surface area contributed by atoms with Crippen molar-refractivity contribution in [2.45, 2.75) is 11.8 Å². The summed E-state index contributed by atoms with van der Waals surface area (Å²) in [4.78, 5) is 12.5. The van der Waals surface area contributed by atoms with Gasteiger partial charge < -0.3 is 5.32 Å². The molecule has 0 aromatic heterocycles. The van der Waals surface area contributed by atoms with Gasteiger partial charge >= 0.3 is 0 Å². The Morgan fingerprint density at radius 1 is 1.00 bits per heavy atom. The number of carbonyl (C=O) groups is 1. The lowest BCUT2D eigenvalue weighted by Gasteiger charge is -2.13. The molecule has 8 heteroatoms. The van der Waals surface area contributed by atoms with Crippen molar-refractivity contribution >= 4 is 38.9 Å². The number of nitrogens with zero attached hydrogens (tertiary/aromatic N) is 1. The Labute approximate surface area is 173 Å². The molecule has 3 aromatic rings. The zero-order chi connectivity index (χ0) is 21.0. The van der Waals surface area contributed by atoms with Gasteiger partial charge in [0.05, 0.1) is 22.2 Å². The maximum Gasteiger partial charge on any atom is 0.262 e. The lowest BCUT2D eigenvalue weighted by molar-refractivity contribution is 0.102. The van der Waals surface area contributed by atoms with E-state index < -0.39 is 15.9 Å². The first-order valence-corrected chi connectivity index (χ1v) is 10.4. The van der Waals surface area contributed by atoms with Crippen LogP contribution in [0.5, 0.6) is 0 Å². The molecule has 0 atom stereocenters. The molecule has 29 heavy (non-hydrogen) atoms. The van der Waals surface area contributed by atoms with Crippen LogP contribution in [0.25, 0.3) is 0 Å². The Morgan fingerprint density at radius 2 is 1.72 bits per heavy atom. The monoisotopic (exact) mass is 425 g/mol. The number of nitrogens with one attached hydrogen (secondary N) is 2. The predicted octanol–water partition coefficient (Wildman–Crippen LogP) is 4.57. The molecule has 0 aliphatic rings. The first-order valence-electron chi connectivity index (χ1n) is 8.49. The van der Waals surface area contributed by atoms with Crippen molar-refractivity contribution in [1.82, 2.24) is 0 Å². The summed E-state index contributed by atoms with van der Waals surface area (Å²) in [6.07, 6.45) is 0. The van der Waals surface area contributed by atoms with Crippen LogP contribution in [0.3, 0.4) is 0 Å². The summed E-state index contributed by atoms with van der Waals surface area (Å²) < 4.78 is 28.1. The number of aryl methyl sites for hydroxylation is 1. The normalized spacial score (nSPS) is 10.8. The van der Waals surface area contributed by atoms with E-state index in [2.05, 4.69) is 10.0 Å². The smallest absolute Gasteiger partial charge is 0.262 e. The molecule has 0 fully saturated rings. The van der Waals surface area contributed by atoms with Crippen molar-refractivity contribution in [3.8, 4) is 6.07 Å². The fraction of sp³-hybridized carbons (Fsp3) is 0.0476. The average Bonchev–Trinajstić information content (AvgIpc) is 2.69. The van der Waals surface area contributed by atoms with Crippen molar-refractivity contribution in [3.63, 3.8) is 0 Å². The van der Waals surface area contributed by atoms with Crippen molar-refractivity contribution < 1.29 is 13.2 Å². The Hall–Kier alpha value is -3.34. The number of halogens is 1. The number of hydrogen-bond donors (Lipinski definition) is 2. The second kappa shape index (κ2) is 8.35. The number of rotatable bonds is 5. The molecule has 1 amide bonds. The largest absolute Gasteiger partial charge is 0.322 e. The molecule has 2 N–H and O–H groups in total. The lowest BCUT2D eigenvalue weighted by atomic mass is 10.1. The Kier molecular flexibility index (Phi) is 5.87. The standard InChI is InChI=1S/C21H16ClN3O3S/c1-14-5-10-18(24-21(26)16-8-6-15(13-23)7-9-16)12-20(14)29(27,28)25-19-4-2-3-17(22)11-19/h2-12,25H,1H3,(H,24,26). The SMILES string of the molecule is Cc1ccc(NC(=O)c2ccc(C#N)cc2)cc1S(=O)(=O)Nc1cccc(Cl)c1. The van der Waals surface area contributed by atoms with Crippen LogP contribution in [0.4, 0.5) is 11.4 Å². The number of sulfonamides is 1. The fourth-order valence-corrected chi connectivity index (χ4v) is 4.14. The minimum Gasteiger partial charge on any atom is -0.322 e. The molecule has 0 bridgehead atoms. The summed E-state index contributed by atoms with van der Waals surface area (Å²) in [6.45, 7) is 1.67. The van der Waals surface area contributed by atoms with E-state index in [1.54, 1.807) is 37.3 Å². The van der Waals surface area contributed by atoms with E-state index in [1.807, 2.05) is 6.07 Å². The number of hydrogen-bond acceptors (Lipinski definition) is 4. The van der Waals surface area contributed by atoms with Crippen molar-refractivity contribution in [2.75, 3.05) is 10.0 Å². The third kappa shape index (κ3) is 4.93. The van der Waals surface area contributed by atoms with Crippen LogP contribution in [0.1, 0.15) is 21.5 Å². The quantitative estimate of drug-likeness (QED) is 0.625. The molecule has 0 aliphatic carbocycles. The van der Waals surface area contributed by atoms with E-state index >= 15 is 0 Å². The van der Waals surface area contributed by atoms with E-state index in [1.165, 1.54) is 36.4 Å². The second-order valence-electron chi connectivity index (χ2n) is 6.24. The zero-order valence-corrected chi connectivity index (χ0v) is 16.9. The lowest BCUT2D eigenvalue weighted by Crippen LogP contribution is -2.16. The van der Waals surface area contributed by atoms with Crippen molar-refractivity contribution in [1.29, 1.82) is 5.26 Å². The van der Waals surface area contributed by atoms with E-state index in [-0.39, 0.29) is 4.90 Å². The van der Waals surface area contributed by atoms with E-state index in [4.69, 9.17) is 16.9 Å². The number of nitriles is 1. The summed E-state index contributed by atoms with van der Waals surface area (Å²) in [5.74, 6) is -0.413. The maximum absolute atomic E-state index is 12.8. The second-order valence-corrected chi connectivity index (χ2v) is 8.33. The van der Waals surface area contributed by atoms with Crippen molar-refractivity contribution in [2.24, 2.45) is 0 Å². The van der Waals surface area contributed by atoms with Crippen LogP contribution in [0.2, 0.25) is 5.02 Å². The zero-order valence-electron chi connectivity index (χ0n) is 15.3. The average molecular weight is 426 g/mol. The highest BCUT2D eigenvalue weighted by atomic mass is 35.5. The van der Waals surface area contributed by atoms with E-state index in [9.17, 15) is 13.2 Å². The van der Waals surface area contributed by atoms with E-state index in [0.717, 1.165) is 0 Å². The van der Waals surface area contributed by atoms with Gasteiger partial charge in [-0.2, -0.15) is 5.26 Å². The molecule has 3 aromatic carbocycles. The number of anilines is 2. The highest BCUT2D eigenvalue weighted by Crippen LogP contribution is 2.24. The highest BCUT2D eigenvalue weighted by Gasteiger charge is 2.18. The van der Waals surface area contributed by atoms with Crippen LogP contribution < -0.4 is 10.0 Å². The molecule has 0 unspecified atom stereocenters. The Balaban J connectivity index is 1.85. The van der Waals surface area contributed by atoms with Gasteiger partial charge in [0.15, 0.2) is 0 Å². The minimum absolute atomic E-state index is 0.0371. The predicted molar refractivity (Wildman–Crippen MR) is 113 cm³/mol. The molecule has 0 saturated heterocycles. The van der Waals surface area contributed by atoms with Gasteiger partial charge in [-0.15, -0.1) is 0 Å². The summed E-state index contributed by atoms with van der Waals surface area (Å²) in [7, 11) is -3.89. The van der Waals surface area contributed by atoms with Gasteiger partial charge in [-0.05, 0) is 67.1 Å². The van der Waals surface area contributed by atoms with Gasteiger partial charge in [-0.3, -0.25) is 9.52 Å². The molecule has 6 nitrogen and oxygen atoms in total. The molecule has 146 valence electrons. The summed E-state index contributed by atoms with van der Waals surface area (Å²) >= 11 is 5.91. The number of carbonyl (C=O) groups excluding carboxylic acids is 1. The summed E-state index contributed by atoms with van der Waals surface area (Å²) in [6, 6.07) is 19.1. The van der Waals surface area contributed by atoms with Crippen LogP contribution in [0.15, 0.2) is 71.6 Å². The van der Waals surface area contributed by atoms with E-state index in [0.29, 0.717) is 33.1 Å². The van der Waals surface area contributed by atoms with Gasteiger partial charge in [0.1, 0.15) is 0 Å². The van der Waals surface area contributed by atoms with Gasteiger partial charge in [-0.1, -0.05) is 23.7 Å². The topological polar surface area (TPSA) is 99.1 Å². The number of amides is 1. The summed E-state index contributed by atoms with van der Waals surface area (Å²) in [5, 5.41) is 11.9. The third-order valence-corrected chi connectivity index (χ3v) is 5.85. The Morgan fingerprint density at radius 3 is 2.38 bits per heavy atom. The van der Waals surface area contributed by atoms with Gasteiger partial charge in [0.25, 0.3) is 15.9 Å².